The molecule has 120 valence electrons. The van der Waals surface area contributed by atoms with Crippen molar-refractivity contribution in [3.05, 3.63) is 60.4 Å². The van der Waals surface area contributed by atoms with Crippen LogP contribution in [0.25, 0.3) is 0 Å². The van der Waals surface area contributed by atoms with Crippen molar-refractivity contribution in [3.63, 3.8) is 0 Å². The van der Waals surface area contributed by atoms with E-state index >= 15 is 0 Å². The van der Waals surface area contributed by atoms with Crippen LogP contribution in [0.3, 0.4) is 0 Å². The van der Waals surface area contributed by atoms with Crippen molar-refractivity contribution in [1.82, 2.24) is 9.88 Å². The van der Waals surface area contributed by atoms with Gasteiger partial charge in [-0.2, -0.15) is 0 Å². The summed E-state index contributed by atoms with van der Waals surface area (Å²) in [6.07, 6.45) is 6.10. The van der Waals surface area contributed by atoms with Gasteiger partial charge < -0.3 is 4.90 Å². The number of amides is 1. The average Bonchev–Trinajstić information content (AvgIpc) is 3.09. The molecule has 1 atom stereocenters. The number of aryl methyl sites for hydroxylation is 1. The molecule has 1 amide bonds. The Balaban J connectivity index is 1.41. The third-order valence-corrected chi connectivity index (χ3v) is 5.46. The number of nitrogens with zero attached hydrogens (tertiary/aromatic N) is 2. The van der Waals surface area contributed by atoms with Crippen molar-refractivity contribution >= 4 is 17.7 Å². The Kier molecular flexibility index (Phi) is 5.70. The van der Waals surface area contributed by atoms with E-state index in [1.165, 1.54) is 4.90 Å². The first-order valence-corrected chi connectivity index (χ1v) is 9.14. The van der Waals surface area contributed by atoms with Crippen LogP contribution in [0, 0.1) is 5.92 Å². The van der Waals surface area contributed by atoms with Gasteiger partial charge in [-0.25, -0.2) is 0 Å². The van der Waals surface area contributed by atoms with E-state index in [9.17, 15) is 4.79 Å². The Morgan fingerprint density at radius 3 is 2.87 bits per heavy atom. The van der Waals surface area contributed by atoms with Gasteiger partial charge in [0.05, 0.1) is 0 Å². The molecule has 1 aliphatic rings. The molecule has 1 fully saturated rings. The minimum absolute atomic E-state index is 0.279. The van der Waals surface area contributed by atoms with Gasteiger partial charge in [0.2, 0.25) is 5.91 Å². The minimum atomic E-state index is 0.279. The van der Waals surface area contributed by atoms with E-state index in [2.05, 4.69) is 29.2 Å². The van der Waals surface area contributed by atoms with E-state index in [-0.39, 0.29) is 5.91 Å². The number of hydrogen-bond donors (Lipinski definition) is 0. The number of hydrogen-bond acceptors (Lipinski definition) is 3. The lowest BCUT2D eigenvalue weighted by Crippen LogP contribution is -2.29. The number of carbonyl (C=O) groups is 1. The zero-order valence-electron chi connectivity index (χ0n) is 13.2. The minimum Gasteiger partial charge on any atom is -0.342 e. The molecule has 23 heavy (non-hydrogen) atoms. The fraction of sp³-hybridized carbons (Fsp3) is 0.368. The first-order chi connectivity index (χ1) is 11.3. The molecule has 0 spiro atoms. The molecular weight excluding hydrogens is 304 g/mol. The highest BCUT2D eigenvalue weighted by atomic mass is 32.2. The first-order valence-electron chi connectivity index (χ1n) is 8.16. The number of aromatic nitrogens is 1. The zero-order valence-corrected chi connectivity index (χ0v) is 14.0. The molecule has 1 aromatic carbocycles. The Morgan fingerprint density at radius 1 is 1.22 bits per heavy atom. The second-order valence-electron chi connectivity index (χ2n) is 5.98. The van der Waals surface area contributed by atoms with Crippen molar-refractivity contribution in [1.29, 1.82) is 0 Å². The fourth-order valence-corrected chi connectivity index (χ4v) is 3.93. The summed E-state index contributed by atoms with van der Waals surface area (Å²) >= 11 is 1.90. The van der Waals surface area contributed by atoms with E-state index in [4.69, 9.17) is 0 Å². The number of pyridine rings is 1. The second-order valence-corrected chi connectivity index (χ2v) is 7.07. The third kappa shape index (κ3) is 4.83. The van der Waals surface area contributed by atoms with Gasteiger partial charge >= 0.3 is 0 Å². The summed E-state index contributed by atoms with van der Waals surface area (Å²) in [5.74, 6) is 1.99. The molecule has 0 unspecified atom stereocenters. The maximum Gasteiger partial charge on any atom is 0.222 e. The Labute approximate surface area is 142 Å². The number of rotatable bonds is 6. The Hall–Kier alpha value is -1.81. The van der Waals surface area contributed by atoms with E-state index in [0.717, 1.165) is 37.2 Å². The molecule has 2 heterocycles. The van der Waals surface area contributed by atoms with Crippen LogP contribution in [0.15, 0.2) is 59.8 Å². The molecule has 1 saturated heterocycles. The lowest BCUT2D eigenvalue weighted by atomic mass is 10.1. The predicted octanol–water partition coefficient (Wildman–Crippen LogP) is 3.66. The van der Waals surface area contributed by atoms with Crippen LogP contribution in [0.5, 0.6) is 0 Å². The van der Waals surface area contributed by atoms with Crippen LogP contribution >= 0.6 is 11.8 Å². The van der Waals surface area contributed by atoms with Crippen molar-refractivity contribution in [2.45, 2.75) is 24.2 Å². The summed E-state index contributed by atoms with van der Waals surface area (Å²) in [7, 11) is 0. The summed E-state index contributed by atoms with van der Waals surface area (Å²) in [4.78, 5) is 19.8. The summed E-state index contributed by atoms with van der Waals surface area (Å²) < 4.78 is 0. The van der Waals surface area contributed by atoms with E-state index in [0.29, 0.717) is 12.3 Å². The number of likely N-dealkylation sites (tertiary alicyclic amines) is 1. The highest BCUT2D eigenvalue weighted by Gasteiger charge is 2.25. The SMILES string of the molecule is O=C(CCc1cccnc1)N1CC[C@H](CSc2ccccc2)C1. The molecule has 0 bridgehead atoms. The van der Waals surface area contributed by atoms with Gasteiger partial charge in [0, 0.05) is 42.6 Å². The quantitative estimate of drug-likeness (QED) is 0.760. The Morgan fingerprint density at radius 2 is 2.09 bits per heavy atom. The van der Waals surface area contributed by atoms with Crippen molar-refractivity contribution in [2.75, 3.05) is 18.8 Å². The van der Waals surface area contributed by atoms with Crippen LogP contribution in [0.2, 0.25) is 0 Å². The van der Waals surface area contributed by atoms with Crippen LogP contribution in [-0.4, -0.2) is 34.6 Å². The molecular formula is C19H22N2OS. The van der Waals surface area contributed by atoms with Gasteiger partial charge in [-0.15, -0.1) is 11.8 Å². The van der Waals surface area contributed by atoms with Gasteiger partial charge in [-0.05, 0) is 42.5 Å². The highest BCUT2D eigenvalue weighted by Crippen LogP contribution is 2.26. The maximum absolute atomic E-state index is 12.3. The molecule has 2 aromatic rings. The van der Waals surface area contributed by atoms with E-state index in [1.807, 2.05) is 41.1 Å². The molecule has 0 aliphatic carbocycles. The summed E-state index contributed by atoms with van der Waals surface area (Å²) in [5.41, 5.74) is 1.14. The van der Waals surface area contributed by atoms with Crippen molar-refractivity contribution in [3.8, 4) is 0 Å². The van der Waals surface area contributed by atoms with Gasteiger partial charge in [0.25, 0.3) is 0 Å². The van der Waals surface area contributed by atoms with Crippen molar-refractivity contribution in [2.24, 2.45) is 5.92 Å². The second kappa shape index (κ2) is 8.16. The number of benzene rings is 1. The van der Waals surface area contributed by atoms with Crippen LogP contribution < -0.4 is 0 Å². The van der Waals surface area contributed by atoms with Crippen LogP contribution in [0.4, 0.5) is 0 Å². The monoisotopic (exact) mass is 326 g/mol. The molecule has 0 radical (unpaired) electrons. The summed E-state index contributed by atoms with van der Waals surface area (Å²) in [5, 5.41) is 0. The molecule has 0 saturated carbocycles. The summed E-state index contributed by atoms with van der Waals surface area (Å²) in [6, 6.07) is 14.4. The topological polar surface area (TPSA) is 33.2 Å². The smallest absolute Gasteiger partial charge is 0.222 e. The standard InChI is InChI=1S/C19H22N2OS/c22-19(9-8-16-5-4-11-20-13-16)21-12-10-17(14-21)15-23-18-6-2-1-3-7-18/h1-7,11,13,17H,8-10,12,14-15H2/t17-/m0/s1. The molecule has 4 heteroatoms. The molecule has 3 nitrogen and oxygen atoms in total. The van der Waals surface area contributed by atoms with E-state index < -0.39 is 0 Å². The maximum atomic E-state index is 12.3. The molecule has 1 aliphatic heterocycles. The largest absolute Gasteiger partial charge is 0.342 e. The lowest BCUT2D eigenvalue weighted by molar-refractivity contribution is -0.130. The number of thioether (sulfide) groups is 1. The first kappa shape index (κ1) is 16.1. The van der Waals surface area contributed by atoms with E-state index in [1.54, 1.807) is 6.20 Å². The van der Waals surface area contributed by atoms with Gasteiger partial charge in [-0.1, -0.05) is 24.3 Å². The predicted molar refractivity (Wildman–Crippen MR) is 94.4 cm³/mol. The van der Waals surface area contributed by atoms with Crippen molar-refractivity contribution < 1.29 is 4.79 Å². The fourth-order valence-electron chi connectivity index (χ4n) is 2.88. The van der Waals surface area contributed by atoms with Gasteiger partial charge in [0.1, 0.15) is 0 Å². The lowest BCUT2D eigenvalue weighted by Gasteiger charge is -2.16. The van der Waals surface area contributed by atoms with Gasteiger partial charge in [-0.3, -0.25) is 9.78 Å². The molecule has 0 N–H and O–H groups in total. The average molecular weight is 326 g/mol. The highest BCUT2D eigenvalue weighted by molar-refractivity contribution is 7.99. The Bertz CT molecular complexity index is 618. The number of carbonyl (C=O) groups excluding carboxylic acids is 1. The third-order valence-electron chi connectivity index (χ3n) is 4.22. The van der Waals surface area contributed by atoms with Gasteiger partial charge in [0.15, 0.2) is 0 Å². The zero-order chi connectivity index (χ0) is 15.9. The summed E-state index contributed by atoms with van der Waals surface area (Å²) in [6.45, 7) is 1.82. The van der Waals surface area contributed by atoms with Crippen LogP contribution in [-0.2, 0) is 11.2 Å². The van der Waals surface area contributed by atoms with Crippen LogP contribution in [0.1, 0.15) is 18.4 Å². The molecule has 3 rings (SSSR count). The normalized spacial score (nSPS) is 17.4. The molecule has 1 aromatic heterocycles.